The first-order valence-electron chi connectivity index (χ1n) is 4.96. The van der Waals surface area contributed by atoms with Crippen molar-refractivity contribution in [3.05, 3.63) is 34.6 Å². The van der Waals surface area contributed by atoms with Gasteiger partial charge in [0.05, 0.1) is 13.2 Å². The maximum Gasteiger partial charge on any atom is 0.123 e. The number of ether oxygens (including phenoxy) is 1. The Hall–Kier alpha value is -0.640. The van der Waals surface area contributed by atoms with E-state index in [1.807, 2.05) is 6.92 Å². The second-order valence-corrected chi connectivity index (χ2v) is 3.55. The van der Waals surface area contributed by atoms with Gasteiger partial charge in [0, 0.05) is 11.6 Å². The lowest BCUT2D eigenvalue weighted by Crippen LogP contribution is -2.18. The van der Waals surface area contributed by atoms with Gasteiger partial charge in [0.2, 0.25) is 0 Å². The van der Waals surface area contributed by atoms with Gasteiger partial charge in [-0.1, -0.05) is 18.5 Å². The van der Waals surface area contributed by atoms with E-state index in [4.69, 9.17) is 16.3 Å². The minimum atomic E-state index is -0.287. The molecule has 0 aromatic heterocycles. The predicted molar refractivity (Wildman–Crippen MR) is 59.6 cm³/mol. The fourth-order valence-corrected chi connectivity index (χ4v) is 1.33. The van der Waals surface area contributed by atoms with Crippen LogP contribution in [0.1, 0.15) is 12.5 Å². The van der Waals surface area contributed by atoms with Gasteiger partial charge in [-0.05, 0) is 30.3 Å². The van der Waals surface area contributed by atoms with Gasteiger partial charge in [-0.25, -0.2) is 4.39 Å². The summed E-state index contributed by atoms with van der Waals surface area (Å²) in [7, 11) is 0. The molecule has 0 saturated heterocycles. The van der Waals surface area contributed by atoms with Crippen LogP contribution in [-0.2, 0) is 11.3 Å². The summed E-state index contributed by atoms with van der Waals surface area (Å²) in [5, 5.41) is 3.67. The fraction of sp³-hybridized carbons (Fsp3) is 0.455. The van der Waals surface area contributed by atoms with E-state index in [0.29, 0.717) is 23.8 Å². The molecule has 0 bridgehead atoms. The molecule has 0 unspecified atom stereocenters. The molecule has 15 heavy (non-hydrogen) atoms. The Bertz CT molecular complexity index is 307. The summed E-state index contributed by atoms with van der Waals surface area (Å²) in [4.78, 5) is 0. The molecule has 1 aromatic rings. The third-order valence-electron chi connectivity index (χ3n) is 1.94. The Labute approximate surface area is 94.4 Å². The number of nitrogens with one attached hydrogen (secondary N) is 1. The van der Waals surface area contributed by atoms with Crippen molar-refractivity contribution in [2.24, 2.45) is 0 Å². The highest BCUT2D eigenvalue weighted by molar-refractivity contribution is 6.31. The molecule has 2 nitrogen and oxygen atoms in total. The van der Waals surface area contributed by atoms with Gasteiger partial charge in [0.15, 0.2) is 0 Å². The lowest BCUT2D eigenvalue weighted by molar-refractivity contribution is 0.123. The monoisotopic (exact) mass is 231 g/mol. The molecule has 84 valence electrons. The molecule has 0 atom stereocenters. The van der Waals surface area contributed by atoms with Crippen molar-refractivity contribution in [3.8, 4) is 0 Å². The van der Waals surface area contributed by atoms with E-state index in [2.05, 4.69) is 5.32 Å². The zero-order valence-electron chi connectivity index (χ0n) is 8.72. The first-order valence-corrected chi connectivity index (χ1v) is 5.34. The second-order valence-electron chi connectivity index (χ2n) is 3.14. The third kappa shape index (κ3) is 4.60. The molecule has 0 heterocycles. The van der Waals surface area contributed by atoms with Crippen LogP contribution in [0.3, 0.4) is 0 Å². The van der Waals surface area contributed by atoms with Crippen molar-refractivity contribution >= 4 is 11.6 Å². The lowest BCUT2D eigenvalue weighted by atomic mass is 10.2. The van der Waals surface area contributed by atoms with Gasteiger partial charge in [-0.2, -0.15) is 0 Å². The van der Waals surface area contributed by atoms with E-state index < -0.39 is 0 Å². The number of benzene rings is 1. The van der Waals surface area contributed by atoms with E-state index in [-0.39, 0.29) is 5.82 Å². The molecular formula is C11H15ClFNO. The number of halogens is 2. The standard InChI is InChI=1S/C11H15ClFNO/c1-2-14-5-6-15-8-9-7-10(13)3-4-11(9)12/h3-4,7,14H,2,5-6,8H2,1H3. The minimum absolute atomic E-state index is 0.287. The maximum atomic E-state index is 12.9. The second kappa shape index (κ2) is 6.77. The van der Waals surface area contributed by atoms with Crippen LogP contribution in [-0.4, -0.2) is 19.7 Å². The van der Waals surface area contributed by atoms with Gasteiger partial charge in [-0.3, -0.25) is 0 Å². The quantitative estimate of drug-likeness (QED) is 0.760. The van der Waals surface area contributed by atoms with Gasteiger partial charge in [0.1, 0.15) is 5.82 Å². The van der Waals surface area contributed by atoms with Crippen LogP contribution in [0.4, 0.5) is 4.39 Å². The summed E-state index contributed by atoms with van der Waals surface area (Å²) < 4.78 is 18.2. The van der Waals surface area contributed by atoms with Crippen LogP contribution in [0.5, 0.6) is 0 Å². The summed E-state index contributed by atoms with van der Waals surface area (Å²) in [5.41, 5.74) is 0.688. The maximum absolute atomic E-state index is 12.9. The van der Waals surface area contributed by atoms with E-state index in [0.717, 1.165) is 13.1 Å². The summed E-state index contributed by atoms with van der Waals surface area (Å²) in [6.07, 6.45) is 0. The Morgan fingerprint density at radius 1 is 1.47 bits per heavy atom. The van der Waals surface area contributed by atoms with Crippen LogP contribution in [0.2, 0.25) is 5.02 Å². The zero-order chi connectivity index (χ0) is 11.1. The molecule has 0 amide bonds. The highest BCUT2D eigenvalue weighted by atomic mass is 35.5. The lowest BCUT2D eigenvalue weighted by Gasteiger charge is -2.06. The highest BCUT2D eigenvalue weighted by Gasteiger charge is 2.01. The summed E-state index contributed by atoms with van der Waals surface area (Å²) >= 11 is 5.87. The molecule has 0 aliphatic rings. The number of rotatable bonds is 6. The first kappa shape index (κ1) is 12.4. The minimum Gasteiger partial charge on any atom is -0.375 e. The van der Waals surface area contributed by atoms with Crippen molar-refractivity contribution in [1.29, 1.82) is 0 Å². The van der Waals surface area contributed by atoms with Crippen LogP contribution < -0.4 is 5.32 Å². The van der Waals surface area contributed by atoms with Gasteiger partial charge in [0.25, 0.3) is 0 Å². The molecule has 1 N–H and O–H groups in total. The van der Waals surface area contributed by atoms with E-state index >= 15 is 0 Å². The average molecular weight is 232 g/mol. The summed E-state index contributed by atoms with van der Waals surface area (Å²) in [6, 6.07) is 4.28. The Balaban J connectivity index is 2.33. The predicted octanol–water partition coefficient (Wildman–Crippen LogP) is 2.61. The molecular weight excluding hydrogens is 217 g/mol. The molecule has 0 fully saturated rings. The van der Waals surface area contributed by atoms with Crippen LogP contribution >= 0.6 is 11.6 Å². The zero-order valence-corrected chi connectivity index (χ0v) is 9.48. The molecule has 0 spiro atoms. The molecule has 1 aromatic carbocycles. The van der Waals surface area contributed by atoms with Gasteiger partial charge < -0.3 is 10.1 Å². The average Bonchev–Trinajstić information content (AvgIpc) is 2.23. The molecule has 0 saturated carbocycles. The van der Waals surface area contributed by atoms with E-state index in [1.54, 1.807) is 6.07 Å². The molecule has 0 aliphatic carbocycles. The Morgan fingerprint density at radius 2 is 2.27 bits per heavy atom. The number of likely N-dealkylation sites (N-methyl/N-ethyl adjacent to an activating group) is 1. The first-order chi connectivity index (χ1) is 7.24. The molecule has 0 aliphatic heterocycles. The van der Waals surface area contributed by atoms with Crippen molar-refractivity contribution in [2.45, 2.75) is 13.5 Å². The van der Waals surface area contributed by atoms with Crippen molar-refractivity contribution in [2.75, 3.05) is 19.7 Å². The fourth-order valence-electron chi connectivity index (χ4n) is 1.16. The van der Waals surface area contributed by atoms with E-state index in [1.165, 1.54) is 12.1 Å². The van der Waals surface area contributed by atoms with E-state index in [9.17, 15) is 4.39 Å². The van der Waals surface area contributed by atoms with Crippen LogP contribution in [0.25, 0.3) is 0 Å². The highest BCUT2D eigenvalue weighted by Crippen LogP contribution is 2.17. The van der Waals surface area contributed by atoms with Gasteiger partial charge in [-0.15, -0.1) is 0 Å². The number of hydrogen-bond acceptors (Lipinski definition) is 2. The Morgan fingerprint density at radius 3 is 3.00 bits per heavy atom. The van der Waals surface area contributed by atoms with Crippen molar-refractivity contribution < 1.29 is 9.13 Å². The molecule has 4 heteroatoms. The Kier molecular flexibility index (Phi) is 5.61. The normalized spacial score (nSPS) is 10.6. The SMILES string of the molecule is CCNCCOCc1cc(F)ccc1Cl. The molecule has 1 rings (SSSR count). The van der Waals surface area contributed by atoms with Crippen molar-refractivity contribution in [1.82, 2.24) is 5.32 Å². The van der Waals surface area contributed by atoms with Crippen LogP contribution in [0.15, 0.2) is 18.2 Å². The van der Waals surface area contributed by atoms with Gasteiger partial charge >= 0.3 is 0 Å². The topological polar surface area (TPSA) is 21.3 Å². The smallest absolute Gasteiger partial charge is 0.123 e. The summed E-state index contributed by atoms with van der Waals surface area (Å²) in [5.74, 6) is -0.287. The third-order valence-corrected chi connectivity index (χ3v) is 2.31. The largest absolute Gasteiger partial charge is 0.375 e. The van der Waals surface area contributed by atoms with Crippen molar-refractivity contribution in [3.63, 3.8) is 0 Å². The van der Waals surface area contributed by atoms with Crippen LogP contribution in [0, 0.1) is 5.82 Å². The number of hydrogen-bond donors (Lipinski definition) is 1. The summed E-state index contributed by atoms with van der Waals surface area (Å²) in [6.45, 7) is 4.69. The molecule has 0 radical (unpaired) electrons.